The molecule has 0 bridgehead atoms. The lowest BCUT2D eigenvalue weighted by molar-refractivity contribution is -0.136. The van der Waals surface area contributed by atoms with Crippen molar-refractivity contribution in [3.63, 3.8) is 0 Å². The predicted molar refractivity (Wildman–Crippen MR) is 66.2 cm³/mol. The van der Waals surface area contributed by atoms with Crippen LogP contribution in [0, 0.1) is 0 Å². The largest absolute Gasteiger partial charge is 0.481 e. The number of rotatable bonds is 5. The highest BCUT2D eigenvalue weighted by Gasteiger charge is 2.16. The Morgan fingerprint density at radius 1 is 1.47 bits per heavy atom. The van der Waals surface area contributed by atoms with Crippen molar-refractivity contribution in [1.82, 2.24) is 10.3 Å². The van der Waals surface area contributed by atoms with Crippen molar-refractivity contribution < 1.29 is 19.1 Å². The van der Waals surface area contributed by atoms with Gasteiger partial charge in [-0.15, -0.1) is 0 Å². The molecule has 0 saturated carbocycles. The molecule has 0 aromatic carbocycles. The predicted octanol–water partition coefficient (Wildman–Crippen LogP) is 0.587. The number of carbonyl (C=O) groups is 2. The summed E-state index contributed by atoms with van der Waals surface area (Å²) >= 11 is 1.01. The Kier molecular flexibility index (Phi) is 3.81. The number of carbonyl (C=O) groups excluding carboxylic acids is 1. The zero-order chi connectivity index (χ0) is 13.8. The van der Waals surface area contributed by atoms with Crippen molar-refractivity contribution in [2.45, 2.75) is 13.0 Å². The first-order chi connectivity index (χ1) is 9.06. The molecule has 0 aliphatic rings. The minimum absolute atomic E-state index is 0.101. The van der Waals surface area contributed by atoms with E-state index in [-0.39, 0.29) is 29.2 Å². The van der Waals surface area contributed by atoms with Crippen LogP contribution in [0.4, 0.5) is 0 Å². The molecule has 100 valence electrons. The molecule has 19 heavy (non-hydrogen) atoms. The summed E-state index contributed by atoms with van der Waals surface area (Å²) in [5.41, 5.74) is 0.770. The van der Waals surface area contributed by atoms with Gasteiger partial charge in [-0.1, -0.05) is 11.3 Å². The van der Waals surface area contributed by atoms with Gasteiger partial charge in [-0.05, 0) is 6.07 Å². The average molecular weight is 282 g/mol. The number of carboxylic acids is 1. The SMILES string of the molecule is O=C(O)Cc1occc1C(=O)NCc1csc(=O)[nH]1. The molecule has 1 amide bonds. The molecule has 2 aromatic heterocycles. The fourth-order valence-corrected chi connectivity index (χ4v) is 2.07. The number of H-pyrrole nitrogens is 1. The van der Waals surface area contributed by atoms with Gasteiger partial charge in [-0.25, -0.2) is 0 Å². The van der Waals surface area contributed by atoms with Gasteiger partial charge >= 0.3 is 10.8 Å². The summed E-state index contributed by atoms with van der Waals surface area (Å²) in [7, 11) is 0. The van der Waals surface area contributed by atoms with Crippen LogP contribution in [0.1, 0.15) is 21.8 Å². The Morgan fingerprint density at radius 2 is 2.26 bits per heavy atom. The summed E-state index contributed by atoms with van der Waals surface area (Å²) in [5, 5.41) is 12.9. The first-order valence-corrected chi connectivity index (χ1v) is 6.17. The van der Waals surface area contributed by atoms with Crippen LogP contribution in [0.3, 0.4) is 0 Å². The fraction of sp³-hybridized carbons (Fsp3) is 0.182. The van der Waals surface area contributed by atoms with E-state index in [4.69, 9.17) is 9.52 Å². The van der Waals surface area contributed by atoms with E-state index in [0.717, 1.165) is 11.3 Å². The molecule has 0 aliphatic heterocycles. The van der Waals surface area contributed by atoms with Gasteiger partial charge in [0.15, 0.2) is 0 Å². The average Bonchev–Trinajstić information content (AvgIpc) is 2.94. The highest BCUT2D eigenvalue weighted by molar-refractivity contribution is 7.07. The zero-order valence-corrected chi connectivity index (χ0v) is 10.5. The second-order valence-corrected chi connectivity index (χ2v) is 4.53. The molecule has 0 fully saturated rings. The van der Waals surface area contributed by atoms with E-state index in [0.29, 0.717) is 5.69 Å². The number of aliphatic carboxylic acids is 1. The number of amides is 1. The van der Waals surface area contributed by atoms with Crippen molar-refractivity contribution in [2.75, 3.05) is 0 Å². The fourth-order valence-electron chi connectivity index (χ4n) is 1.49. The van der Waals surface area contributed by atoms with E-state index in [1.54, 1.807) is 5.38 Å². The maximum atomic E-state index is 11.8. The van der Waals surface area contributed by atoms with Gasteiger partial charge < -0.3 is 19.8 Å². The van der Waals surface area contributed by atoms with Crippen molar-refractivity contribution >= 4 is 23.2 Å². The Bertz CT molecular complexity index is 654. The Labute approximate surface area is 110 Å². The molecular weight excluding hydrogens is 272 g/mol. The van der Waals surface area contributed by atoms with Crippen LogP contribution in [0.25, 0.3) is 0 Å². The van der Waals surface area contributed by atoms with Gasteiger partial charge in [0, 0.05) is 11.1 Å². The van der Waals surface area contributed by atoms with E-state index < -0.39 is 11.9 Å². The molecule has 0 atom stereocenters. The third-order valence-corrected chi connectivity index (χ3v) is 3.03. The molecule has 0 spiro atoms. The van der Waals surface area contributed by atoms with Crippen molar-refractivity contribution in [3.8, 4) is 0 Å². The van der Waals surface area contributed by atoms with Crippen LogP contribution in [0.5, 0.6) is 0 Å². The van der Waals surface area contributed by atoms with Crippen LogP contribution in [-0.2, 0) is 17.8 Å². The quantitative estimate of drug-likeness (QED) is 0.742. The number of aromatic amines is 1. The van der Waals surface area contributed by atoms with E-state index >= 15 is 0 Å². The second-order valence-electron chi connectivity index (χ2n) is 3.68. The summed E-state index contributed by atoms with van der Waals surface area (Å²) in [6.45, 7) is 0.162. The van der Waals surface area contributed by atoms with E-state index in [2.05, 4.69) is 10.3 Å². The summed E-state index contributed by atoms with van der Waals surface area (Å²) in [5.74, 6) is -1.42. The normalized spacial score (nSPS) is 10.3. The molecule has 3 N–H and O–H groups in total. The molecule has 2 heterocycles. The molecule has 0 unspecified atom stereocenters. The number of hydrogen-bond donors (Lipinski definition) is 3. The molecule has 2 aromatic rings. The van der Waals surface area contributed by atoms with Crippen LogP contribution >= 0.6 is 11.3 Å². The standard InChI is InChI=1S/C11H10N2O5S/c14-9(15)3-8-7(1-2-18-8)10(16)12-4-6-5-19-11(17)13-6/h1-2,5H,3-4H2,(H,12,16)(H,13,17)(H,14,15). The topological polar surface area (TPSA) is 112 Å². The maximum Gasteiger partial charge on any atom is 0.311 e. The van der Waals surface area contributed by atoms with Crippen molar-refractivity contribution in [3.05, 3.63) is 44.4 Å². The van der Waals surface area contributed by atoms with Gasteiger partial charge in [0.1, 0.15) is 12.2 Å². The Morgan fingerprint density at radius 3 is 2.89 bits per heavy atom. The van der Waals surface area contributed by atoms with Gasteiger partial charge in [0.25, 0.3) is 5.91 Å². The van der Waals surface area contributed by atoms with Gasteiger partial charge in [-0.2, -0.15) is 0 Å². The minimum Gasteiger partial charge on any atom is -0.481 e. The third kappa shape index (κ3) is 3.32. The Balaban J connectivity index is 2.02. The molecule has 7 nitrogen and oxygen atoms in total. The van der Waals surface area contributed by atoms with Crippen molar-refractivity contribution in [1.29, 1.82) is 0 Å². The molecule has 0 radical (unpaired) electrons. The van der Waals surface area contributed by atoms with Gasteiger partial charge in [0.05, 0.1) is 18.4 Å². The summed E-state index contributed by atoms with van der Waals surface area (Å²) in [4.78, 5) is 35.7. The van der Waals surface area contributed by atoms with E-state index in [9.17, 15) is 14.4 Å². The highest BCUT2D eigenvalue weighted by Crippen LogP contribution is 2.11. The number of hydrogen-bond acceptors (Lipinski definition) is 5. The molecule has 2 rings (SSSR count). The summed E-state index contributed by atoms with van der Waals surface area (Å²) in [6.07, 6.45) is 0.907. The molecule has 0 saturated heterocycles. The number of nitrogens with one attached hydrogen (secondary N) is 2. The van der Waals surface area contributed by atoms with Gasteiger partial charge in [-0.3, -0.25) is 14.4 Å². The van der Waals surface area contributed by atoms with Crippen LogP contribution in [-0.4, -0.2) is 22.0 Å². The lowest BCUT2D eigenvalue weighted by Crippen LogP contribution is -2.24. The number of aromatic nitrogens is 1. The first-order valence-electron chi connectivity index (χ1n) is 5.29. The van der Waals surface area contributed by atoms with Crippen LogP contribution in [0.15, 0.2) is 26.9 Å². The van der Waals surface area contributed by atoms with Crippen LogP contribution < -0.4 is 10.2 Å². The monoisotopic (exact) mass is 282 g/mol. The van der Waals surface area contributed by atoms with E-state index in [1.165, 1.54) is 12.3 Å². The second kappa shape index (κ2) is 5.53. The number of thiazole rings is 1. The maximum absolute atomic E-state index is 11.8. The third-order valence-electron chi connectivity index (χ3n) is 2.31. The zero-order valence-electron chi connectivity index (χ0n) is 9.63. The number of furan rings is 1. The van der Waals surface area contributed by atoms with Crippen LogP contribution in [0.2, 0.25) is 0 Å². The van der Waals surface area contributed by atoms with Gasteiger partial charge in [0.2, 0.25) is 0 Å². The molecule has 0 aliphatic carbocycles. The summed E-state index contributed by atoms with van der Waals surface area (Å²) in [6, 6.07) is 1.41. The smallest absolute Gasteiger partial charge is 0.311 e. The lowest BCUT2D eigenvalue weighted by Gasteiger charge is -2.03. The highest BCUT2D eigenvalue weighted by atomic mass is 32.1. The number of carboxylic acid groups (broad SMARTS) is 1. The minimum atomic E-state index is -1.08. The lowest BCUT2D eigenvalue weighted by atomic mass is 10.2. The van der Waals surface area contributed by atoms with Crippen molar-refractivity contribution in [2.24, 2.45) is 0 Å². The van der Waals surface area contributed by atoms with E-state index in [1.807, 2.05) is 0 Å². The molecular formula is C11H10N2O5S. The first kappa shape index (κ1) is 13.1. The summed E-state index contributed by atoms with van der Waals surface area (Å²) < 4.78 is 4.96. The molecule has 8 heteroatoms. The Hall–Kier alpha value is -2.35.